The van der Waals surface area contributed by atoms with Gasteiger partial charge in [0.1, 0.15) is 23.3 Å². The maximum Gasteiger partial charge on any atom is 0.294 e. The largest absolute Gasteiger partial charge is 0.302 e. The van der Waals surface area contributed by atoms with Crippen LogP contribution in [0, 0.1) is 27.3 Å². The van der Waals surface area contributed by atoms with Crippen LogP contribution >= 0.6 is 15.9 Å². The van der Waals surface area contributed by atoms with Crippen molar-refractivity contribution in [2.75, 3.05) is 0 Å². The van der Waals surface area contributed by atoms with Crippen molar-refractivity contribution >= 4 is 21.6 Å². The first-order chi connectivity index (χ1) is 8.54. The molecule has 0 bridgehead atoms. The van der Waals surface area contributed by atoms with E-state index in [2.05, 4.69) is 15.9 Å². The van der Waals surface area contributed by atoms with Crippen LogP contribution in [0.1, 0.15) is 5.69 Å². The molecule has 0 aliphatic rings. The highest BCUT2D eigenvalue weighted by molar-refractivity contribution is 9.10. The van der Waals surface area contributed by atoms with Gasteiger partial charge in [-0.1, -0.05) is 0 Å². The Labute approximate surface area is 109 Å². The lowest BCUT2D eigenvalue weighted by atomic mass is 10.2. The number of halogens is 2. The average molecular weight is 310 g/mol. The van der Waals surface area contributed by atoms with Crippen LogP contribution in [-0.4, -0.2) is 9.49 Å². The minimum Gasteiger partial charge on any atom is -0.302 e. The molecule has 1 aromatic heterocycles. The highest BCUT2D eigenvalue weighted by atomic mass is 79.9. The van der Waals surface area contributed by atoms with E-state index < -0.39 is 10.7 Å². The zero-order valence-corrected chi connectivity index (χ0v) is 10.4. The van der Waals surface area contributed by atoms with Gasteiger partial charge in [-0.2, -0.15) is 5.26 Å². The molecule has 7 heteroatoms. The molecule has 0 saturated heterocycles. The molecule has 0 spiro atoms. The number of nitro benzene ring substituents is 1. The normalized spacial score (nSPS) is 10.1. The Morgan fingerprint density at radius 1 is 1.50 bits per heavy atom. The minimum absolute atomic E-state index is 0.00335. The summed E-state index contributed by atoms with van der Waals surface area (Å²) in [7, 11) is 0. The number of benzene rings is 1. The number of rotatable bonds is 2. The molecule has 1 heterocycles. The van der Waals surface area contributed by atoms with Crippen molar-refractivity contribution in [1.82, 2.24) is 4.57 Å². The average Bonchev–Trinajstić information content (AvgIpc) is 2.79. The van der Waals surface area contributed by atoms with Gasteiger partial charge in [-0.15, -0.1) is 0 Å². The third kappa shape index (κ3) is 1.98. The first-order valence-electron chi connectivity index (χ1n) is 4.76. The summed E-state index contributed by atoms with van der Waals surface area (Å²) in [5.74, 6) is -0.631. The smallest absolute Gasteiger partial charge is 0.294 e. The summed E-state index contributed by atoms with van der Waals surface area (Å²) in [5.41, 5.74) is -0.0713. The molecule has 90 valence electrons. The van der Waals surface area contributed by atoms with Crippen LogP contribution in [0.15, 0.2) is 34.9 Å². The van der Waals surface area contributed by atoms with Crippen molar-refractivity contribution in [3.05, 3.63) is 56.6 Å². The van der Waals surface area contributed by atoms with Gasteiger partial charge in [-0.25, -0.2) is 4.39 Å². The molecule has 0 fully saturated rings. The van der Waals surface area contributed by atoms with E-state index in [0.29, 0.717) is 0 Å². The summed E-state index contributed by atoms with van der Waals surface area (Å²) in [6.45, 7) is 0. The predicted molar refractivity (Wildman–Crippen MR) is 64.8 cm³/mol. The molecular weight excluding hydrogens is 305 g/mol. The van der Waals surface area contributed by atoms with Crippen molar-refractivity contribution in [2.45, 2.75) is 0 Å². The second-order valence-electron chi connectivity index (χ2n) is 3.39. The molecule has 18 heavy (non-hydrogen) atoms. The molecule has 0 radical (unpaired) electrons. The first kappa shape index (κ1) is 12.3. The number of aromatic nitrogens is 1. The van der Waals surface area contributed by atoms with Crippen LogP contribution in [0.2, 0.25) is 0 Å². The van der Waals surface area contributed by atoms with Crippen molar-refractivity contribution in [3.8, 4) is 11.8 Å². The van der Waals surface area contributed by atoms with Crippen LogP contribution in [0.25, 0.3) is 5.69 Å². The lowest BCUT2D eigenvalue weighted by molar-refractivity contribution is -0.384. The molecule has 0 N–H and O–H groups in total. The van der Waals surface area contributed by atoms with Gasteiger partial charge < -0.3 is 4.57 Å². The number of nitriles is 1. The van der Waals surface area contributed by atoms with E-state index in [1.165, 1.54) is 16.8 Å². The summed E-state index contributed by atoms with van der Waals surface area (Å²) in [6.07, 6.45) is 1.47. The van der Waals surface area contributed by atoms with Crippen molar-refractivity contribution < 1.29 is 9.31 Å². The van der Waals surface area contributed by atoms with Gasteiger partial charge in [0.05, 0.1) is 9.40 Å². The zero-order valence-electron chi connectivity index (χ0n) is 8.80. The van der Waals surface area contributed by atoms with Gasteiger partial charge >= 0.3 is 0 Å². The molecule has 0 aliphatic carbocycles. The van der Waals surface area contributed by atoms with Crippen LogP contribution in [0.5, 0.6) is 0 Å². The Kier molecular flexibility index (Phi) is 3.12. The van der Waals surface area contributed by atoms with Gasteiger partial charge in [0.15, 0.2) is 0 Å². The maximum absolute atomic E-state index is 13.5. The van der Waals surface area contributed by atoms with Crippen LogP contribution < -0.4 is 0 Å². The van der Waals surface area contributed by atoms with Crippen molar-refractivity contribution in [2.24, 2.45) is 0 Å². The second-order valence-corrected chi connectivity index (χ2v) is 4.24. The molecule has 1 aromatic carbocycles. The van der Waals surface area contributed by atoms with Crippen LogP contribution in [-0.2, 0) is 0 Å². The van der Waals surface area contributed by atoms with Gasteiger partial charge in [0.2, 0.25) is 0 Å². The Balaban J connectivity index is 2.75. The topological polar surface area (TPSA) is 71.9 Å². The second kappa shape index (κ2) is 4.58. The van der Waals surface area contributed by atoms with Gasteiger partial charge in [0.25, 0.3) is 5.69 Å². The van der Waals surface area contributed by atoms with Crippen LogP contribution in [0.3, 0.4) is 0 Å². The van der Waals surface area contributed by atoms with E-state index in [0.717, 1.165) is 12.1 Å². The van der Waals surface area contributed by atoms with Gasteiger partial charge in [-0.05, 0) is 28.1 Å². The fraction of sp³-hybridized carbons (Fsp3) is 0. The van der Waals surface area contributed by atoms with Crippen LogP contribution in [0.4, 0.5) is 10.1 Å². The SMILES string of the molecule is N#Cc1cccn1-c1cc(F)c(Br)cc1[N+](=O)[O-]. The van der Waals surface area contributed by atoms with E-state index in [1.54, 1.807) is 6.07 Å². The highest BCUT2D eigenvalue weighted by Gasteiger charge is 2.20. The lowest BCUT2D eigenvalue weighted by Crippen LogP contribution is -2.02. The first-order valence-corrected chi connectivity index (χ1v) is 5.55. The molecule has 0 saturated carbocycles. The molecular formula is C11H5BrFN3O2. The summed E-state index contributed by atoms with van der Waals surface area (Å²) in [5, 5.41) is 19.8. The Bertz CT molecular complexity index is 675. The maximum atomic E-state index is 13.5. The summed E-state index contributed by atoms with van der Waals surface area (Å²) >= 11 is 2.89. The fourth-order valence-electron chi connectivity index (χ4n) is 1.55. The summed E-state index contributed by atoms with van der Waals surface area (Å²) in [6, 6.07) is 7.02. The third-order valence-corrected chi connectivity index (χ3v) is 2.94. The van der Waals surface area contributed by atoms with E-state index in [4.69, 9.17) is 5.26 Å². The molecule has 2 aromatic rings. The predicted octanol–water partition coefficient (Wildman–Crippen LogP) is 3.16. The van der Waals surface area contributed by atoms with Gasteiger partial charge in [-0.3, -0.25) is 10.1 Å². The molecule has 5 nitrogen and oxygen atoms in total. The van der Waals surface area contributed by atoms with E-state index in [9.17, 15) is 14.5 Å². The van der Waals surface area contributed by atoms with Crippen molar-refractivity contribution in [3.63, 3.8) is 0 Å². The molecule has 0 amide bonds. The Morgan fingerprint density at radius 2 is 2.22 bits per heavy atom. The van der Waals surface area contributed by atoms with Gasteiger partial charge in [0, 0.05) is 18.3 Å². The third-order valence-electron chi connectivity index (χ3n) is 2.34. The molecule has 2 rings (SSSR count). The van der Waals surface area contributed by atoms with E-state index in [1.807, 2.05) is 6.07 Å². The Hall–Kier alpha value is -2.20. The number of hydrogen-bond acceptors (Lipinski definition) is 3. The monoisotopic (exact) mass is 309 g/mol. The zero-order chi connectivity index (χ0) is 13.3. The lowest BCUT2D eigenvalue weighted by Gasteiger charge is -2.07. The molecule has 0 aliphatic heterocycles. The van der Waals surface area contributed by atoms with Crippen molar-refractivity contribution in [1.29, 1.82) is 5.26 Å². The fourth-order valence-corrected chi connectivity index (χ4v) is 1.88. The number of nitrogens with zero attached hydrogens (tertiary/aromatic N) is 3. The summed E-state index contributed by atoms with van der Waals surface area (Å²) < 4.78 is 14.8. The standard InChI is InChI=1S/C11H5BrFN3O2/c12-8-4-11(16(17)18)10(5-9(8)13)15-3-1-2-7(15)6-14/h1-5H. The minimum atomic E-state index is -0.631. The molecule has 0 atom stereocenters. The Morgan fingerprint density at radius 3 is 2.83 bits per heavy atom. The highest BCUT2D eigenvalue weighted by Crippen LogP contribution is 2.30. The molecule has 0 unspecified atom stereocenters. The van der Waals surface area contributed by atoms with E-state index in [-0.39, 0.29) is 21.5 Å². The quantitative estimate of drug-likeness (QED) is 0.632. The number of nitro groups is 1. The van der Waals surface area contributed by atoms with E-state index >= 15 is 0 Å². The number of hydrogen-bond donors (Lipinski definition) is 0. The summed E-state index contributed by atoms with van der Waals surface area (Å²) in [4.78, 5) is 10.3.